The van der Waals surface area contributed by atoms with Crippen molar-refractivity contribution in [3.05, 3.63) is 29.0 Å². The van der Waals surface area contributed by atoms with Crippen molar-refractivity contribution in [1.82, 2.24) is 9.55 Å². The Morgan fingerprint density at radius 3 is 2.65 bits per heavy atom. The number of benzene rings is 1. The number of fused-ring (bicyclic) bond motifs is 1. The van der Waals surface area contributed by atoms with Gasteiger partial charge in [0.1, 0.15) is 5.82 Å². The van der Waals surface area contributed by atoms with Crippen LogP contribution in [0, 0.1) is 0 Å². The van der Waals surface area contributed by atoms with Gasteiger partial charge in [-0.2, -0.15) is 0 Å². The number of aliphatic hydroxyl groups is 1. The molecule has 0 fully saturated rings. The molecule has 0 saturated heterocycles. The van der Waals surface area contributed by atoms with Crippen molar-refractivity contribution in [3.63, 3.8) is 0 Å². The number of hydrogen-bond acceptors (Lipinski definition) is 2. The molecule has 0 bridgehead atoms. The standard InChI is InChI=1S/C13H17ClN2O/c1-13(2,3)12-15-10-8-9(14)4-5-11(10)16(12)6-7-17/h4-5,8,17H,6-7H2,1-3H3. The first-order chi connectivity index (χ1) is 7.93. The van der Waals surface area contributed by atoms with Crippen LogP contribution in [-0.4, -0.2) is 21.3 Å². The Morgan fingerprint density at radius 1 is 1.35 bits per heavy atom. The molecular weight excluding hydrogens is 236 g/mol. The van der Waals surface area contributed by atoms with E-state index < -0.39 is 0 Å². The third-order valence-electron chi connectivity index (χ3n) is 2.70. The second kappa shape index (κ2) is 4.31. The summed E-state index contributed by atoms with van der Waals surface area (Å²) >= 11 is 5.97. The lowest BCUT2D eigenvalue weighted by molar-refractivity contribution is 0.273. The van der Waals surface area contributed by atoms with E-state index in [-0.39, 0.29) is 12.0 Å². The highest BCUT2D eigenvalue weighted by Crippen LogP contribution is 2.27. The van der Waals surface area contributed by atoms with Gasteiger partial charge in [-0.05, 0) is 18.2 Å². The van der Waals surface area contributed by atoms with Crippen LogP contribution in [0.3, 0.4) is 0 Å². The number of imidazole rings is 1. The number of halogens is 1. The molecular formula is C13H17ClN2O. The lowest BCUT2D eigenvalue weighted by atomic mass is 9.95. The average molecular weight is 253 g/mol. The maximum Gasteiger partial charge on any atom is 0.115 e. The summed E-state index contributed by atoms with van der Waals surface area (Å²) < 4.78 is 2.06. The summed E-state index contributed by atoms with van der Waals surface area (Å²) in [5.74, 6) is 0.976. The molecule has 0 saturated carbocycles. The smallest absolute Gasteiger partial charge is 0.115 e. The Hall–Kier alpha value is -1.06. The number of rotatable bonds is 2. The van der Waals surface area contributed by atoms with Crippen LogP contribution in [0.4, 0.5) is 0 Å². The topological polar surface area (TPSA) is 38.0 Å². The van der Waals surface area contributed by atoms with Gasteiger partial charge in [-0.15, -0.1) is 0 Å². The van der Waals surface area contributed by atoms with E-state index in [1.807, 2.05) is 18.2 Å². The molecule has 2 rings (SSSR count). The quantitative estimate of drug-likeness (QED) is 0.892. The van der Waals surface area contributed by atoms with Gasteiger partial charge in [0.15, 0.2) is 0 Å². The lowest BCUT2D eigenvalue weighted by Crippen LogP contribution is -2.20. The predicted octanol–water partition coefficient (Wildman–Crippen LogP) is 2.98. The fraction of sp³-hybridized carbons (Fsp3) is 0.462. The second-order valence-electron chi connectivity index (χ2n) is 5.19. The average Bonchev–Trinajstić information content (AvgIpc) is 2.56. The van der Waals surface area contributed by atoms with E-state index in [2.05, 4.69) is 30.3 Å². The van der Waals surface area contributed by atoms with Gasteiger partial charge in [0, 0.05) is 17.0 Å². The zero-order chi connectivity index (χ0) is 12.6. The molecule has 3 nitrogen and oxygen atoms in total. The summed E-state index contributed by atoms with van der Waals surface area (Å²) in [7, 11) is 0. The van der Waals surface area contributed by atoms with Crippen LogP contribution in [0.1, 0.15) is 26.6 Å². The van der Waals surface area contributed by atoms with Gasteiger partial charge in [0.2, 0.25) is 0 Å². The van der Waals surface area contributed by atoms with Gasteiger partial charge in [-0.25, -0.2) is 4.98 Å². The third kappa shape index (κ3) is 2.31. The Morgan fingerprint density at radius 2 is 2.06 bits per heavy atom. The normalized spacial score (nSPS) is 12.3. The van der Waals surface area contributed by atoms with Crippen molar-refractivity contribution in [2.45, 2.75) is 32.7 Å². The van der Waals surface area contributed by atoms with Crippen LogP contribution in [0.15, 0.2) is 18.2 Å². The Labute approximate surface area is 106 Å². The molecule has 0 atom stereocenters. The molecule has 4 heteroatoms. The van der Waals surface area contributed by atoms with Gasteiger partial charge in [0.05, 0.1) is 17.6 Å². The van der Waals surface area contributed by atoms with E-state index in [4.69, 9.17) is 16.7 Å². The van der Waals surface area contributed by atoms with E-state index in [1.54, 1.807) is 0 Å². The van der Waals surface area contributed by atoms with Crippen molar-refractivity contribution >= 4 is 22.6 Å². The molecule has 1 heterocycles. The molecule has 0 unspecified atom stereocenters. The van der Waals surface area contributed by atoms with Gasteiger partial charge < -0.3 is 9.67 Å². The maximum absolute atomic E-state index is 9.17. The second-order valence-corrected chi connectivity index (χ2v) is 5.63. The number of nitrogens with zero attached hydrogens (tertiary/aromatic N) is 2. The molecule has 17 heavy (non-hydrogen) atoms. The molecule has 1 aromatic heterocycles. The fourth-order valence-electron chi connectivity index (χ4n) is 2.00. The third-order valence-corrected chi connectivity index (χ3v) is 2.94. The maximum atomic E-state index is 9.17. The van der Waals surface area contributed by atoms with Crippen LogP contribution in [0.2, 0.25) is 5.02 Å². The highest BCUT2D eigenvalue weighted by molar-refractivity contribution is 6.31. The van der Waals surface area contributed by atoms with Crippen LogP contribution in [0.5, 0.6) is 0 Å². The molecule has 92 valence electrons. The Kier molecular flexibility index (Phi) is 3.15. The van der Waals surface area contributed by atoms with Crippen molar-refractivity contribution in [2.75, 3.05) is 6.61 Å². The van der Waals surface area contributed by atoms with Crippen LogP contribution < -0.4 is 0 Å². The number of hydrogen-bond donors (Lipinski definition) is 1. The van der Waals surface area contributed by atoms with Crippen molar-refractivity contribution < 1.29 is 5.11 Å². The highest BCUT2D eigenvalue weighted by atomic mass is 35.5. The van der Waals surface area contributed by atoms with Crippen molar-refractivity contribution in [1.29, 1.82) is 0 Å². The first-order valence-corrected chi connectivity index (χ1v) is 6.08. The first kappa shape index (κ1) is 12.4. The predicted molar refractivity (Wildman–Crippen MR) is 70.5 cm³/mol. The minimum absolute atomic E-state index is 0.0549. The van der Waals surface area contributed by atoms with Crippen molar-refractivity contribution in [2.24, 2.45) is 0 Å². The van der Waals surface area contributed by atoms with Crippen molar-refractivity contribution in [3.8, 4) is 0 Å². The van der Waals surface area contributed by atoms with Gasteiger partial charge in [0.25, 0.3) is 0 Å². The molecule has 1 N–H and O–H groups in total. The van der Waals surface area contributed by atoms with E-state index in [0.29, 0.717) is 11.6 Å². The monoisotopic (exact) mass is 252 g/mol. The number of aliphatic hydroxyl groups excluding tert-OH is 1. The van der Waals surface area contributed by atoms with Gasteiger partial charge >= 0.3 is 0 Å². The summed E-state index contributed by atoms with van der Waals surface area (Å²) in [4.78, 5) is 4.63. The van der Waals surface area contributed by atoms with Crippen LogP contribution in [-0.2, 0) is 12.0 Å². The van der Waals surface area contributed by atoms with Gasteiger partial charge in [-0.1, -0.05) is 32.4 Å². The summed E-state index contributed by atoms with van der Waals surface area (Å²) in [6, 6.07) is 5.67. The molecule has 1 aromatic carbocycles. The molecule has 0 aliphatic carbocycles. The molecule has 0 radical (unpaired) electrons. The van der Waals surface area contributed by atoms with E-state index in [0.717, 1.165) is 16.9 Å². The molecule has 0 aliphatic heterocycles. The van der Waals surface area contributed by atoms with Crippen LogP contribution in [0.25, 0.3) is 11.0 Å². The summed E-state index contributed by atoms with van der Waals surface area (Å²) in [6.07, 6.45) is 0. The zero-order valence-corrected chi connectivity index (χ0v) is 11.1. The van der Waals surface area contributed by atoms with E-state index in [9.17, 15) is 0 Å². The SMILES string of the molecule is CC(C)(C)c1nc2cc(Cl)ccc2n1CCO. The highest BCUT2D eigenvalue weighted by Gasteiger charge is 2.22. The Balaban J connectivity index is 2.70. The van der Waals surface area contributed by atoms with E-state index >= 15 is 0 Å². The fourth-order valence-corrected chi connectivity index (χ4v) is 2.17. The Bertz CT molecular complexity index is 540. The molecule has 0 amide bonds. The summed E-state index contributed by atoms with van der Waals surface area (Å²) in [6.45, 7) is 7.01. The van der Waals surface area contributed by atoms with Crippen LogP contribution >= 0.6 is 11.6 Å². The number of aromatic nitrogens is 2. The first-order valence-electron chi connectivity index (χ1n) is 5.70. The zero-order valence-electron chi connectivity index (χ0n) is 10.4. The molecule has 0 spiro atoms. The molecule has 2 aromatic rings. The van der Waals surface area contributed by atoms with E-state index in [1.165, 1.54) is 0 Å². The van der Waals surface area contributed by atoms with Gasteiger partial charge in [-0.3, -0.25) is 0 Å². The lowest BCUT2D eigenvalue weighted by Gasteiger charge is -2.19. The summed E-state index contributed by atoms with van der Waals surface area (Å²) in [5, 5.41) is 9.85. The minimum Gasteiger partial charge on any atom is -0.395 e. The molecule has 0 aliphatic rings. The largest absolute Gasteiger partial charge is 0.395 e. The summed E-state index contributed by atoms with van der Waals surface area (Å²) in [5.41, 5.74) is 1.85. The minimum atomic E-state index is -0.0549.